The third-order valence-electron chi connectivity index (χ3n) is 11.4. The number of aliphatic hydroxyl groups is 1. The van der Waals surface area contributed by atoms with Crippen molar-refractivity contribution in [3.05, 3.63) is 125 Å². The van der Waals surface area contributed by atoms with Crippen LogP contribution in [0.3, 0.4) is 0 Å². The number of piperazine rings is 1. The van der Waals surface area contributed by atoms with Crippen molar-refractivity contribution in [2.24, 2.45) is 0 Å². The molecule has 348 valence electrons. The van der Waals surface area contributed by atoms with Gasteiger partial charge in [0.25, 0.3) is 0 Å². The van der Waals surface area contributed by atoms with Gasteiger partial charge in [-0.2, -0.15) is 0 Å². The van der Waals surface area contributed by atoms with Gasteiger partial charge in [-0.15, -0.1) is 0 Å². The first-order chi connectivity index (χ1) is 32.5. The second-order valence-electron chi connectivity index (χ2n) is 16.0. The number of phenols is 1. The number of aromatic nitrogens is 4. The number of aliphatic hydroxyl groups excluding tert-OH is 1. The van der Waals surface area contributed by atoms with E-state index in [9.17, 15) is 19.4 Å². The van der Waals surface area contributed by atoms with E-state index in [0.29, 0.717) is 84.9 Å². The number of para-hydroxylation sites is 1. The number of halogens is 2. The van der Waals surface area contributed by atoms with Gasteiger partial charge in [-0.1, -0.05) is 29.8 Å². The number of fused-ring (bicyclic) bond motifs is 1. The molecule has 0 aliphatic carbocycles. The zero-order valence-electron chi connectivity index (χ0n) is 37.4. The molecule has 1 saturated heterocycles. The Hall–Kier alpha value is -6.85. The number of likely N-dealkylation sites (N-methyl/N-ethyl adjacent to an activating group) is 1. The number of esters is 1. The van der Waals surface area contributed by atoms with Crippen molar-refractivity contribution in [2.75, 3.05) is 60.1 Å². The lowest BCUT2D eigenvalue weighted by Crippen LogP contribution is -2.48. The summed E-state index contributed by atoms with van der Waals surface area (Å²) in [5, 5.41) is 21.6. The number of aromatic hydroxyl groups is 1. The summed E-state index contributed by atoms with van der Waals surface area (Å²) in [7, 11) is 3.66. The summed E-state index contributed by atoms with van der Waals surface area (Å²) < 4.78 is 50.9. The Morgan fingerprint density at radius 3 is 2.46 bits per heavy atom. The number of furan rings is 1. The van der Waals surface area contributed by atoms with Crippen LogP contribution in [0.15, 0.2) is 102 Å². The van der Waals surface area contributed by atoms with Crippen LogP contribution >= 0.6 is 11.6 Å². The van der Waals surface area contributed by atoms with E-state index in [2.05, 4.69) is 31.8 Å². The minimum absolute atomic E-state index is 0.0209. The van der Waals surface area contributed by atoms with Crippen LogP contribution in [0.1, 0.15) is 23.7 Å². The Kier molecular flexibility index (Phi) is 14.8. The predicted octanol–water partition coefficient (Wildman–Crippen LogP) is 7.95. The molecule has 15 nitrogen and oxygen atoms in total. The number of ether oxygens (including phenoxy) is 5. The van der Waals surface area contributed by atoms with Crippen LogP contribution in [-0.2, 0) is 22.6 Å². The van der Waals surface area contributed by atoms with Gasteiger partial charge in [0.05, 0.1) is 36.6 Å². The van der Waals surface area contributed by atoms with E-state index in [0.717, 1.165) is 26.2 Å². The fourth-order valence-corrected chi connectivity index (χ4v) is 8.12. The fourth-order valence-electron chi connectivity index (χ4n) is 7.91. The molecule has 0 bridgehead atoms. The van der Waals surface area contributed by atoms with Gasteiger partial charge in [0.1, 0.15) is 59.0 Å². The van der Waals surface area contributed by atoms with Crippen molar-refractivity contribution in [1.82, 2.24) is 29.7 Å². The number of rotatable bonds is 18. The highest BCUT2D eigenvalue weighted by Crippen LogP contribution is 2.47. The normalized spacial score (nSPS) is 14.1. The molecule has 1 aliphatic heterocycles. The number of nitrogens with zero attached hydrogens (tertiary/aromatic N) is 6. The highest BCUT2D eigenvalue weighted by Gasteiger charge is 2.31. The molecule has 8 rings (SSSR count). The summed E-state index contributed by atoms with van der Waals surface area (Å²) in [5.74, 6) is 0.867. The maximum atomic E-state index is 14.3. The number of phenolic OH excluding ortho intramolecular Hbond substituents is 1. The smallest absolute Gasteiger partial charge is 0.347 e. The first kappa shape index (κ1) is 46.7. The molecule has 7 aromatic rings. The number of carbonyl (C=O) groups is 1. The van der Waals surface area contributed by atoms with Crippen LogP contribution in [0, 0.1) is 12.7 Å². The van der Waals surface area contributed by atoms with Crippen LogP contribution in [0.5, 0.6) is 28.9 Å². The van der Waals surface area contributed by atoms with Gasteiger partial charge in [0.2, 0.25) is 17.7 Å². The van der Waals surface area contributed by atoms with E-state index >= 15 is 0 Å². The van der Waals surface area contributed by atoms with Crippen LogP contribution in [0.2, 0.25) is 5.02 Å². The summed E-state index contributed by atoms with van der Waals surface area (Å²) in [6.07, 6.45) is 0.888. The maximum absolute atomic E-state index is 14.3. The summed E-state index contributed by atoms with van der Waals surface area (Å²) in [6.45, 7) is 7.42. The summed E-state index contributed by atoms with van der Waals surface area (Å²) >= 11 is 7.10. The quantitative estimate of drug-likeness (QED) is 0.0793. The van der Waals surface area contributed by atoms with Crippen LogP contribution in [-0.4, -0.2) is 118 Å². The minimum Gasteiger partial charge on any atom is -0.508 e. The maximum Gasteiger partial charge on any atom is 0.347 e. The molecule has 0 spiro atoms. The average molecular weight is 933 g/mol. The van der Waals surface area contributed by atoms with Gasteiger partial charge in [0.15, 0.2) is 5.82 Å². The Morgan fingerprint density at radius 1 is 0.925 bits per heavy atom. The standard InChI is InChI=1S/C50H50ClFN6O9/c1-5-63-50(61)42(25-32-24-35(60)14-16-39(32)64-28-34-18-19-53-47(56-34)38-8-6-7-9-40(38)62-4)66-48-44-43(46(67-49(44)55-29-54-48)31-10-12-33(52)13-11-31)37-15-17-41(45(51)30(37)2)65-36(27-59)26-58-22-20-57(3)21-23-58/h6-19,24,29,36,42,59-60H,5,20-23,25-28H2,1-4H3/t36-,42-/m1/s1. The first-order valence-electron chi connectivity index (χ1n) is 21.8. The van der Waals surface area contributed by atoms with E-state index in [-0.39, 0.29) is 43.6 Å². The van der Waals surface area contributed by atoms with E-state index in [1.165, 1.54) is 30.6 Å². The lowest BCUT2D eigenvalue weighted by atomic mass is 9.95. The van der Waals surface area contributed by atoms with Crippen molar-refractivity contribution < 1.29 is 47.5 Å². The molecule has 0 unspecified atom stereocenters. The molecule has 3 aromatic heterocycles. The average Bonchev–Trinajstić information content (AvgIpc) is 3.73. The third kappa shape index (κ3) is 10.7. The van der Waals surface area contributed by atoms with Crippen molar-refractivity contribution in [2.45, 2.75) is 39.1 Å². The predicted molar refractivity (Wildman–Crippen MR) is 249 cm³/mol. The Morgan fingerprint density at radius 2 is 1.70 bits per heavy atom. The van der Waals surface area contributed by atoms with Crippen LogP contribution < -0.4 is 18.9 Å². The van der Waals surface area contributed by atoms with Crippen LogP contribution in [0.4, 0.5) is 4.39 Å². The molecule has 0 amide bonds. The summed E-state index contributed by atoms with van der Waals surface area (Å²) in [6, 6.07) is 23.0. The van der Waals surface area contributed by atoms with E-state index in [4.69, 9.17) is 44.7 Å². The number of hydrogen-bond acceptors (Lipinski definition) is 15. The molecular weight excluding hydrogens is 883 g/mol. The Balaban J connectivity index is 1.13. The van der Waals surface area contributed by atoms with Gasteiger partial charge in [-0.25, -0.2) is 29.1 Å². The largest absolute Gasteiger partial charge is 0.508 e. The molecule has 1 fully saturated rings. The minimum atomic E-state index is -1.33. The second-order valence-corrected chi connectivity index (χ2v) is 16.3. The molecule has 1 aliphatic rings. The van der Waals surface area contributed by atoms with E-state index in [1.807, 2.05) is 37.3 Å². The van der Waals surface area contributed by atoms with E-state index in [1.54, 1.807) is 50.6 Å². The van der Waals surface area contributed by atoms with Gasteiger partial charge in [0, 0.05) is 62.0 Å². The molecule has 0 radical (unpaired) electrons. The van der Waals surface area contributed by atoms with Crippen molar-refractivity contribution in [3.8, 4) is 62.7 Å². The lowest BCUT2D eigenvalue weighted by molar-refractivity contribution is -0.151. The molecule has 4 heterocycles. The number of hydrogen-bond donors (Lipinski definition) is 2. The SMILES string of the molecule is CCOC(=O)[C@@H](Cc1cc(O)ccc1OCc1ccnc(-c2ccccc2OC)n1)Oc1ncnc2oc(-c3ccc(F)cc3)c(-c3ccc(O[C@@H](CO)CN4CCN(C)CC4)c(Cl)c3C)c12. The molecule has 2 N–H and O–H groups in total. The van der Waals surface area contributed by atoms with Crippen molar-refractivity contribution in [3.63, 3.8) is 0 Å². The molecule has 17 heteroatoms. The van der Waals surface area contributed by atoms with Crippen molar-refractivity contribution in [1.29, 1.82) is 0 Å². The topological polar surface area (TPSA) is 175 Å². The second kappa shape index (κ2) is 21.2. The van der Waals surface area contributed by atoms with Crippen LogP contribution in [0.25, 0.3) is 44.9 Å². The zero-order chi connectivity index (χ0) is 47.0. The number of carbonyl (C=O) groups excluding carboxylic acids is 1. The van der Waals surface area contributed by atoms with Gasteiger partial charge >= 0.3 is 5.97 Å². The number of methoxy groups -OCH3 is 1. The Labute approximate surface area is 391 Å². The lowest BCUT2D eigenvalue weighted by Gasteiger charge is -2.34. The molecule has 4 aromatic carbocycles. The van der Waals surface area contributed by atoms with E-state index < -0.39 is 24.0 Å². The third-order valence-corrected chi connectivity index (χ3v) is 11.9. The molecular formula is C50H50ClFN6O9. The molecule has 67 heavy (non-hydrogen) atoms. The monoisotopic (exact) mass is 932 g/mol. The highest BCUT2D eigenvalue weighted by molar-refractivity contribution is 6.33. The summed E-state index contributed by atoms with van der Waals surface area (Å²) in [4.78, 5) is 36.5. The number of benzene rings is 4. The molecule has 0 saturated carbocycles. The van der Waals surface area contributed by atoms with Gasteiger partial charge < -0.3 is 43.2 Å². The van der Waals surface area contributed by atoms with Gasteiger partial charge in [-0.05, 0) is 98.8 Å². The van der Waals surface area contributed by atoms with Crippen molar-refractivity contribution >= 4 is 28.7 Å². The zero-order valence-corrected chi connectivity index (χ0v) is 38.2. The highest BCUT2D eigenvalue weighted by atomic mass is 35.5. The Bertz CT molecular complexity index is 2840. The fraction of sp³-hybridized carbons (Fsp3) is 0.300. The molecule has 2 atom stereocenters. The van der Waals surface area contributed by atoms with Gasteiger partial charge in [-0.3, -0.25) is 4.90 Å². The summed E-state index contributed by atoms with van der Waals surface area (Å²) in [5.41, 5.74) is 3.98. The first-order valence-corrected chi connectivity index (χ1v) is 22.2.